The first-order chi connectivity index (χ1) is 10.7. The second-order valence-corrected chi connectivity index (χ2v) is 4.72. The topological polar surface area (TPSA) is 83.9 Å². The fraction of sp³-hybridized carbons (Fsp3) is 0.0625. The number of hydrogen-bond donors (Lipinski definition) is 1. The van der Waals surface area contributed by atoms with E-state index in [0.717, 1.165) is 11.1 Å². The van der Waals surface area contributed by atoms with Crippen LogP contribution >= 0.6 is 0 Å². The predicted octanol–water partition coefficient (Wildman–Crippen LogP) is 2.80. The highest BCUT2D eigenvalue weighted by Gasteiger charge is 2.13. The highest BCUT2D eigenvalue weighted by Crippen LogP contribution is 2.21. The Hall–Kier alpha value is -3.33. The minimum absolute atomic E-state index is 0.253. The highest BCUT2D eigenvalue weighted by atomic mass is 16.3. The van der Waals surface area contributed by atoms with Crippen molar-refractivity contribution in [2.45, 2.75) is 0 Å². The maximum atomic E-state index is 12.3. The first-order valence-corrected chi connectivity index (χ1v) is 6.55. The molecule has 0 saturated carbocycles. The molecule has 22 heavy (non-hydrogen) atoms. The van der Waals surface area contributed by atoms with Crippen LogP contribution in [-0.4, -0.2) is 15.7 Å². The van der Waals surface area contributed by atoms with E-state index in [9.17, 15) is 4.79 Å². The Morgan fingerprint density at radius 1 is 1.36 bits per heavy atom. The Labute approximate surface area is 126 Å². The smallest absolute Gasteiger partial charge is 0.256 e. The van der Waals surface area contributed by atoms with Crippen LogP contribution in [0.4, 0.5) is 5.82 Å². The molecule has 6 nitrogen and oxygen atoms in total. The average molecular weight is 292 g/mol. The third-order valence-electron chi connectivity index (χ3n) is 3.16. The van der Waals surface area contributed by atoms with Crippen molar-refractivity contribution >= 4 is 11.7 Å². The van der Waals surface area contributed by atoms with E-state index in [0.29, 0.717) is 11.1 Å². The lowest BCUT2D eigenvalue weighted by molar-refractivity contribution is 0.102. The summed E-state index contributed by atoms with van der Waals surface area (Å²) in [5.74, 6) is -0.0655. The van der Waals surface area contributed by atoms with Crippen LogP contribution in [0.15, 0.2) is 53.5 Å². The van der Waals surface area contributed by atoms with Gasteiger partial charge in [0.2, 0.25) is 0 Å². The van der Waals surface area contributed by atoms with Crippen molar-refractivity contribution in [3.8, 4) is 17.2 Å². The molecule has 1 N–H and O–H groups in total. The van der Waals surface area contributed by atoms with Crippen LogP contribution < -0.4 is 5.32 Å². The molecular formula is C16H12N4O2. The van der Waals surface area contributed by atoms with Crippen LogP contribution in [-0.2, 0) is 7.05 Å². The van der Waals surface area contributed by atoms with Crippen LogP contribution in [0, 0.1) is 11.3 Å². The van der Waals surface area contributed by atoms with Gasteiger partial charge in [-0.2, -0.15) is 10.4 Å². The van der Waals surface area contributed by atoms with Gasteiger partial charge in [0.15, 0.2) is 5.82 Å². The van der Waals surface area contributed by atoms with Crippen molar-refractivity contribution in [3.63, 3.8) is 0 Å². The van der Waals surface area contributed by atoms with Gasteiger partial charge in [-0.15, -0.1) is 0 Å². The number of carbonyl (C=O) groups excluding carboxylic acids is 1. The Morgan fingerprint density at radius 3 is 2.95 bits per heavy atom. The van der Waals surface area contributed by atoms with Gasteiger partial charge in [-0.1, -0.05) is 12.1 Å². The van der Waals surface area contributed by atoms with Crippen LogP contribution in [0.25, 0.3) is 11.1 Å². The lowest BCUT2D eigenvalue weighted by atomic mass is 10.1. The number of carbonyl (C=O) groups is 1. The molecule has 108 valence electrons. The average Bonchev–Trinajstić information content (AvgIpc) is 3.17. The van der Waals surface area contributed by atoms with Gasteiger partial charge in [-0.05, 0) is 23.8 Å². The first kappa shape index (κ1) is 13.6. The van der Waals surface area contributed by atoms with Crippen LogP contribution in [0.2, 0.25) is 0 Å². The van der Waals surface area contributed by atoms with Gasteiger partial charge in [-0.25, -0.2) is 0 Å². The summed E-state index contributed by atoms with van der Waals surface area (Å²) in [6.45, 7) is 0. The largest absolute Gasteiger partial charge is 0.472 e. The zero-order valence-corrected chi connectivity index (χ0v) is 11.8. The molecule has 3 aromatic rings. The molecule has 6 heteroatoms. The number of benzene rings is 1. The normalized spacial score (nSPS) is 10.2. The zero-order chi connectivity index (χ0) is 15.5. The Morgan fingerprint density at radius 2 is 2.23 bits per heavy atom. The van der Waals surface area contributed by atoms with E-state index in [1.807, 2.05) is 18.2 Å². The number of rotatable bonds is 3. The van der Waals surface area contributed by atoms with Gasteiger partial charge < -0.3 is 9.73 Å². The van der Waals surface area contributed by atoms with E-state index >= 15 is 0 Å². The maximum absolute atomic E-state index is 12.3. The van der Waals surface area contributed by atoms with Crippen LogP contribution in [0.1, 0.15) is 15.9 Å². The Bertz CT molecular complexity index is 857. The van der Waals surface area contributed by atoms with Gasteiger partial charge in [0, 0.05) is 24.4 Å². The Balaban J connectivity index is 1.87. The number of nitriles is 1. The van der Waals surface area contributed by atoms with Crippen LogP contribution in [0.3, 0.4) is 0 Å². The monoisotopic (exact) mass is 292 g/mol. The molecule has 0 saturated heterocycles. The molecule has 3 rings (SSSR count). The standard InChI is InChI=1S/C16H12N4O2/c1-20-9-14(8-17)15(19-20)18-16(21)12-4-2-3-11(7-12)13-5-6-22-10-13/h2-7,9-10H,1H3,(H,18,19,21). The van der Waals surface area contributed by atoms with E-state index in [1.165, 1.54) is 4.68 Å². The second kappa shape index (κ2) is 5.58. The molecule has 2 aromatic heterocycles. The van der Waals surface area contributed by atoms with Crippen molar-refractivity contribution in [1.82, 2.24) is 9.78 Å². The molecule has 0 aliphatic rings. The highest BCUT2D eigenvalue weighted by molar-refractivity contribution is 6.05. The lowest BCUT2D eigenvalue weighted by Gasteiger charge is -2.04. The summed E-state index contributed by atoms with van der Waals surface area (Å²) in [5.41, 5.74) is 2.57. The minimum atomic E-state index is -0.319. The molecule has 1 aromatic carbocycles. The molecule has 0 radical (unpaired) electrons. The van der Waals surface area contributed by atoms with Gasteiger partial charge in [-0.3, -0.25) is 9.48 Å². The van der Waals surface area contributed by atoms with Gasteiger partial charge in [0.05, 0.1) is 12.5 Å². The fourth-order valence-corrected chi connectivity index (χ4v) is 2.11. The van der Waals surface area contributed by atoms with E-state index in [2.05, 4.69) is 10.4 Å². The number of aromatic nitrogens is 2. The fourth-order valence-electron chi connectivity index (χ4n) is 2.11. The van der Waals surface area contributed by atoms with Crippen molar-refractivity contribution in [1.29, 1.82) is 5.26 Å². The summed E-state index contributed by atoms with van der Waals surface area (Å²) in [5, 5.41) is 15.7. The quantitative estimate of drug-likeness (QED) is 0.804. The lowest BCUT2D eigenvalue weighted by Crippen LogP contribution is -2.13. The summed E-state index contributed by atoms with van der Waals surface area (Å²) >= 11 is 0. The van der Waals surface area contributed by atoms with Crippen molar-refractivity contribution < 1.29 is 9.21 Å². The summed E-state index contributed by atoms with van der Waals surface area (Å²) in [7, 11) is 1.69. The third kappa shape index (κ3) is 2.60. The number of aryl methyl sites for hydroxylation is 1. The van der Waals surface area contributed by atoms with Gasteiger partial charge in [0.25, 0.3) is 5.91 Å². The van der Waals surface area contributed by atoms with Crippen molar-refractivity contribution in [2.75, 3.05) is 5.32 Å². The summed E-state index contributed by atoms with van der Waals surface area (Å²) in [4.78, 5) is 12.3. The molecule has 1 amide bonds. The number of nitrogens with zero attached hydrogens (tertiary/aromatic N) is 3. The molecule has 0 aliphatic carbocycles. The second-order valence-electron chi connectivity index (χ2n) is 4.72. The van der Waals surface area contributed by atoms with E-state index in [-0.39, 0.29) is 11.7 Å². The molecule has 0 spiro atoms. The minimum Gasteiger partial charge on any atom is -0.472 e. The molecule has 0 fully saturated rings. The number of nitrogens with one attached hydrogen (secondary N) is 1. The van der Waals surface area contributed by atoms with E-state index < -0.39 is 0 Å². The number of hydrogen-bond acceptors (Lipinski definition) is 4. The summed E-state index contributed by atoms with van der Waals surface area (Å²) < 4.78 is 6.53. The molecule has 0 bridgehead atoms. The number of amides is 1. The van der Waals surface area contributed by atoms with E-state index in [4.69, 9.17) is 9.68 Å². The predicted molar refractivity (Wildman–Crippen MR) is 80.0 cm³/mol. The van der Waals surface area contributed by atoms with Gasteiger partial charge >= 0.3 is 0 Å². The van der Waals surface area contributed by atoms with E-state index in [1.54, 1.807) is 44.0 Å². The molecule has 0 unspecified atom stereocenters. The van der Waals surface area contributed by atoms with Crippen molar-refractivity contribution in [3.05, 3.63) is 60.2 Å². The Kier molecular flexibility index (Phi) is 3.46. The SMILES string of the molecule is Cn1cc(C#N)c(NC(=O)c2cccc(-c3ccoc3)c2)n1. The van der Waals surface area contributed by atoms with Crippen LogP contribution in [0.5, 0.6) is 0 Å². The number of furan rings is 1. The molecule has 2 heterocycles. The maximum Gasteiger partial charge on any atom is 0.256 e. The summed E-state index contributed by atoms with van der Waals surface area (Å²) in [6, 6.07) is 11.0. The molecule has 0 atom stereocenters. The van der Waals surface area contributed by atoms with Gasteiger partial charge in [0.1, 0.15) is 11.6 Å². The zero-order valence-electron chi connectivity index (χ0n) is 11.8. The summed E-state index contributed by atoms with van der Waals surface area (Å²) in [6.07, 6.45) is 4.75. The van der Waals surface area contributed by atoms with Crippen molar-refractivity contribution in [2.24, 2.45) is 7.05 Å². The molecular weight excluding hydrogens is 280 g/mol. The third-order valence-corrected chi connectivity index (χ3v) is 3.16. The first-order valence-electron chi connectivity index (χ1n) is 6.55. The number of anilines is 1. The molecule has 0 aliphatic heterocycles.